The standard InChI is InChI=1S/C17H23N3O4/c21-20(22)15-2-1-14-13(3-6-18-14)16(15)19-7-10-24-12-17(11-19)4-8-23-9-5-17/h1-2,18H,3-12H2. The van der Waals surface area contributed by atoms with Gasteiger partial charge in [-0.1, -0.05) is 0 Å². The van der Waals surface area contributed by atoms with E-state index in [-0.39, 0.29) is 16.0 Å². The van der Waals surface area contributed by atoms with Crippen molar-refractivity contribution < 1.29 is 14.4 Å². The van der Waals surface area contributed by atoms with Gasteiger partial charge in [-0.25, -0.2) is 0 Å². The van der Waals surface area contributed by atoms with Gasteiger partial charge in [0.05, 0.1) is 18.1 Å². The van der Waals surface area contributed by atoms with Crippen molar-refractivity contribution >= 4 is 17.1 Å². The lowest BCUT2D eigenvalue weighted by Gasteiger charge is -2.39. The van der Waals surface area contributed by atoms with Crippen LogP contribution in [0.4, 0.5) is 17.1 Å². The molecule has 130 valence electrons. The van der Waals surface area contributed by atoms with Gasteiger partial charge in [0, 0.05) is 55.6 Å². The zero-order valence-electron chi connectivity index (χ0n) is 13.8. The molecular weight excluding hydrogens is 310 g/mol. The summed E-state index contributed by atoms with van der Waals surface area (Å²) >= 11 is 0. The Morgan fingerprint density at radius 1 is 1.21 bits per heavy atom. The fourth-order valence-corrected chi connectivity index (χ4v) is 4.16. The van der Waals surface area contributed by atoms with Crippen LogP contribution in [-0.2, 0) is 15.9 Å². The van der Waals surface area contributed by atoms with E-state index >= 15 is 0 Å². The molecule has 1 N–H and O–H groups in total. The number of nitro benzene ring substituents is 1. The molecule has 0 radical (unpaired) electrons. The Morgan fingerprint density at radius 2 is 2.04 bits per heavy atom. The number of nitrogens with zero attached hydrogens (tertiary/aromatic N) is 2. The first-order valence-electron chi connectivity index (χ1n) is 8.63. The molecule has 2 fully saturated rings. The van der Waals surface area contributed by atoms with Crippen LogP contribution in [0.5, 0.6) is 0 Å². The van der Waals surface area contributed by atoms with Gasteiger partial charge in [-0.2, -0.15) is 0 Å². The summed E-state index contributed by atoms with van der Waals surface area (Å²) in [5, 5.41) is 15.0. The summed E-state index contributed by atoms with van der Waals surface area (Å²) in [6.45, 7) is 5.15. The van der Waals surface area contributed by atoms with E-state index in [1.165, 1.54) is 0 Å². The van der Waals surface area contributed by atoms with E-state index in [2.05, 4.69) is 10.2 Å². The Balaban J connectivity index is 1.74. The Hall–Kier alpha value is -1.86. The molecule has 1 aromatic carbocycles. The summed E-state index contributed by atoms with van der Waals surface area (Å²) in [5.74, 6) is 0. The Bertz CT molecular complexity index is 643. The second-order valence-electron chi connectivity index (χ2n) is 6.98. The van der Waals surface area contributed by atoms with E-state index < -0.39 is 0 Å². The minimum absolute atomic E-state index is 0.0391. The van der Waals surface area contributed by atoms with Crippen LogP contribution < -0.4 is 10.2 Å². The van der Waals surface area contributed by atoms with Crippen molar-refractivity contribution in [1.29, 1.82) is 0 Å². The summed E-state index contributed by atoms with van der Waals surface area (Å²) in [5.41, 5.74) is 3.15. The molecule has 0 aromatic heterocycles. The molecule has 0 aliphatic carbocycles. The van der Waals surface area contributed by atoms with Crippen LogP contribution >= 0.6 is 0 Å². The molecule has 0 unspecified atom stereocenters. The highest BCUT2D eigenvalue weighted by Gasteiger charge is 2.39. The van der Waals surface area contributed by atoms with Gasteiger partial charge in [0.1, 0.15) is 5.69 Å². The van der Waals surface area contributed by atoms with Gasteiger partial charge in [-0.15, -0.1) is 0 Å². The second-order valence-corrected chi connectivity index (χ2v) is 6.98. The van der Waals surface area contributed by atoms with Crippen LogP contribution in [0.3, 0.4) is 0 Å². The topological polar surface area (TPSA) is 76.9 Å². The number of rotatable bonds is 2. The molecule has 7 heteroatoms. The fraction of sp³-hybridized carbons (Fsp3) is 0.647. The number of hydrogen-bond acceptors (Lipinski definition) is 6. The lowest BCUT2D eigenvalue weighted by molar-refractivity contribution is -0.384. The van der Waals surface area contributed by atoms with Crippen LogP contribution in [0.25, 0.3) is 0 Å². The van der Waals surface area contributed by atoms with E-state index in [1.807, 2.05) is 6.07 Å². The van der Waals surface area contributed by atoms with Gasteiger partial charge < -0.3 is 19.7 Å². The van der Waals surface area contributed by atoms with E-state index in [1.54, 1.807) is 6.07 Å². The SMILES string of the molecule is O=[N+]([O-])c1ccc2c(c1N1CCOCC3(CCOCC3)C1)CCN2. The zero-order chi connectivity index (χ0) is 16.6. The van der Waals surface area contributed by atoms with Crippen molar-refractivity contribution in [3.63, 3.8) is 0 Å². The van der Waals surface area contributed by atoms with Gasteiger partial charge in [0.2, 0.25) is 0 Å². The van der Waals surface area contributed by atoms with Crippen molar-refractivity contribution in [1.82, 2.24) is 0 Å². The first-order valence-corrected chi connectivity index (χ1v) is 8.63. The fourth-order valence-electron chi connectivity index (χ4n) is 4.16. The third kappa shape index (κ3) is 2.71. The molecule has 3 aliphatic heterocycles. The van der Waals surface area contributed by atoms with Gasteiger partial charge in [-0.3, -0.25) is 10.1 Å². The molecule has 24 heavy (non-hydrogen) atoms. The minimum atomic E-state index is -0.254. The predicted molar refractivity (Wildman–Crippen MR) is 90.8 cm³/mol. The van der Waals surface area contributed by atoms with Gasteiger partial charge in [-0.05, 0) is 25.3 Å². The quantitative estimate of drug-likeness (QED) is 0.660. The average Bonchev–Trinajstić information content (AvgIpc) is 2.97. The highest BCUT2D eigenvalue weighted by Crippen LogP contribution is 2.42. The molecule has 7 nitrogen and oxygen atoms in total. The zero-order valence-corrected chi connectivity index (χ0v) is 13.8. The second kappa shape index (κ2) is 6.22. The number of nitrogens with one attached hydrogen (secondary N) is 1. The van der Waals surface area contributed by atoms with Gasteiger partial charge >= 0.3 is 0 Å². The Labute approximate surface area is 141 Å². The molecule has 0 bridgehead atoms. The average molecular weight is 333 g/mol. The number of hydrogen-bond donors (Lipinski definition) is 1. The number of benzene rings is 1. The van der Waals surface area contributed by atoms with Crippen molar-refractivity contribution in [3.05, 3.63) is 27.8 Å². The molecular formula is C17H23N3O4. The minimum Gasteiger partial charge on any atom is -0.384 e. The van der Waals surface area contributed by atoms with E-state index in [0.29, 0.717) is 19.8 Å². The molecule has 2 saturated heterocycles. The molecule has 1 spiro atoms. The smallest absolute Gasteiger partial charge is 0.292 e. The molecule has 4 rings (SSSR count). The maximum Gasteiger partial charge on any atom is 0.292 e. The first-order chi connectivity index (χ1) is 11.7. The summed E-state index contributed by atoms with van der Waals surface area (Å²) in [6, 6.07) is 3.47. The highest BCUT2D eigenvalue weighted by molar-refractivity contribution is 5.78. The normalized spacial score (nSPS) is 22.8. The molecule has 3 aliphatic rings. The lowest BCUT2D eigenvalue weighted by atomic mass is 9.80. The Morgan fingerprint density at radius 3 is 2.83 bits per heavy atom. The maximum atomic E-state index is 11.6. The van der Waals surface area contributed by atoms with E-state index in [9.17, 15) is 10.1 Å². The van der Waals surface area contributed by atoms with Gasteiger partial charge in [0.15, 0.2) is 0 Å². The number of ether oxygens (including phenoxy) is 2. The number of fused-ring (bicyclic) bond motifs is 1. The summed E-state index contributed by atoms with van der Waals surface area (Å²) < 4.78 is 11.4. The van der Waals surface area contributed by atoms with Crippen LogP contribution in [-0.4, -0.2) is 51.0 Å². The van der Waals surface area contributed by atoms with E-state index in [0.717, 1.165) is 62.5 Å². The van der Waals surface area contributed by atoms with Gasteiger partial charge in [0.25, 0.3) is 5.69 Å². The Kier molecular flexibility index (Phi) is 4.05. The summed E-state index contributed by atoms with van der Waals surface area (Å²) in [6.07, 6.45) is 2.73. The number of nitro groups is 1. The molecule has 0 saturated carbocycles. The predicted octanol–water partition coefficient (Wildman–Crippen LogP) is 2.20. The molecule has 0 amide bonds. The summed E-state index contributed by atoms with van der Waals surface area (Å²) in [4.78, 5) is 13.6. The molecule has 3 heterocycles. The van der Waals surface area contributed by atoms with Crippen LogP contribution in [0.1, 0.15) is 18.4 Å². The van der Waals surface area contributed by atoms with Crippen LogP contribution in [0.15, 0.2) is 12.1 Å². The first kappa shape index (κ1) is 15.7. The van der Waals surface area contributed by atoms with Crippen molar-refractivity contribution in [2.45, 2.75) is 19.3 Å². The van der Waals surface area contributed by atoms with Crippen LogP contribution in [0.2, 0.25) is 0 Å². The summed E-state index contributed by atoms with van der Waals surface area (Å²) in [7, 11) is 0. The third-order valence-electron chi connectivity index (χ3n) is 5.46. The third-order valence-corrected chi connectivity index (χ3v) is 5.46. The monoisotopic (exact) mass is 333 g/mol. The van der Waals surface area contributed by atoms with E-state index in [4.69, 9.17) is 9.47 Å². The van der Waals surface area contributed by atoms with Crippen molar-refractivity contribution in [2.75, 3.05) is 56.3 Å². The van der Waals surface area contributed by atoms with Crippen molar-refractivity contribution in [2.24, 2.45) is 5.41 Å². The van der Waals surface area contributed by atoms with Crippen LogP contribution in [0, 0.1) is 15.5 Å². The molecule has 1 aromatic rings. The largest absolute Gasteiger partial charge is 0.384 e. The van der Waals surface area contributed by atoms with Crippen molar-refractivity contribution in [3.8, 4) is 0 Å². The number of anilines is 2. The lowest BCUT2D eigenvalue weighted by Crippen LogP contribution is -2.43. The highest BCUT2D eigenvalue weighted by atomic mass is 16.6. The maximum absolute atomic E-state index is 11.6. The molecule has 0 atom stereocenters.